The quantitative estimate of drug-likeness (QED) is 0.781. The first-order valence-electron chi connectivity index (χ1n) is 5.00. The number of hydrogen-bond acceptors (Lipinski definition) is 4. The Balaban J connectivity index is 2.78. The van der Waals surface area contributed by atoms with Gasteiger partial charge in [0.1, 0.15) is 0 Å². The molecule has 1 aromatic rings. The van der Waals surface area contributed by atoms with Crippen molar-refractivity contribution in [1.29, 1.82) is 0 Å². The molecule has 84 valence electrons. The van der Waals surface area contributed by atoms with Crippen molar-refractivity contribution in [3.8, 4) is 5.88 Å². The number of nitrogens with two attached hydrogens (primary N) is 1. The number of rotatable bonds is 4. The smallest absolute Gasteiger partial charge is 0.212 e. The van der Waals surface area contributed by atoms with Crippen LogP contribution in [0.1, 0.15) is 25.5 Å². The molecule has 0 saturated heterocycles. The fourth-order valence-electron chi connectivity index (χ4n) is 1.27. The molecule has 0 spiro atoms. The van der Waals surface area contributed by atoms with Crippen LogP contribution in [0.15, 0.2) is 18.3 Å². The normalized spacial score (nSPS) is 15.1. The molecule has 0 radical (unpaired) electrons. The van der Waals surface area contributed by atoms with E-state index in [1.807, 2.05) is 13.8 Å². The molecule has 1 heterocycles. The zero-order chi connectivity index (χ0) is 11.4. The number of aliphatic hydroxyl groups excluding tert-OH is 1. The number of methoxy groups -OCH3 is 1. The van der Waals surface area contributed by atoms with E-state index in [-0.39, 0.29) is 12.0 Å². The van der Waals surface area contributed by atoms with Crippen molar-refractivity contribution in [2.45, 2.75) is 26.0 Å². The fourth-order valence-corrected chi connectivity index (χ4v) is 1.27. The molecule has 0 amide bonds. The largest absolute Gasteiger partial charge is 0.481 e. The molecule has 4 nitrogen and oxygen atoms in total. The van der Waals surface area contributed by atoms with Gasteiger partial charge in [-0.3, -0.25) is 0 Å². The van der Waals surface area contributed by atoms with Crippen LogP contribution in [0, 0.1) is 5.92 Å². The molecule has 4 heteroatoms. The minimum atomic E-state index is -0.677. The van der Waals surface area contributed by atoms with Gasteiger partial charge >= 0.3 is 0 Å². The molecule has 0 bridgehead atoms. The average Bonchev–Trinajstić information content (AvgIpc) is 2.27. The molecule has 1 rings (SSSR count). The van der Waals surface area contributed by atoms with Crippen LogP contribution in [0.4, 0.5) is 0 Å². The summed E-state index contributed by atoms with van der Waals surface area (Å²) in [6, 6.07) is 3.21. The maximum atomic E-state index is 9.92. The van der Waals surface area contributed by atoms with Gasteiger partial charge in [-0.15, -0.1) is 0 Å². The Morgan fingerprint density at radius 3 is 2.47 bits per heavy atom. The molecule has 1 aromatic heterocycles. The van der Waals surface area contributed by atoms with E-state index in [1.54, 1.807) is 25.4 Å². The minimum absolute atomic E-state index is 0.224. The van der Waals surface area contributed by atoms with Gasteiger partial charge in [0.2, 0.25) is 5.88 Å². The number of pyridine rings is 1. The monoisotopic (exact) mass is 210 g/mol. The predicted molar refractivity (Wildman–Crippen MR) is 58.6 cm³/mol. The van der Waals surface area contributed by atoms with E-state index in [2.05, 4.69) is 4.98 Å². The predicted octanol–water partition coefficient (Wildman–Crippen LogP) is 1.11. The highest BCUT2D eigenvalue weighted by Gasteiger charge is 2.20. The molecule has 0 aliphatic rings. The minimum Gasteiger partial charge on any atom is -0.481 e. The Morgan fingerprint density at radius 2 is 2.07 bits per heavy atom. The van der Waals surface area contributed by atoms with Gasteiger partial charge in [-0.05, 0) is 12.0 Å². The first kappa shape index (κ1) is 11.9. The third-order valence-electron chi connectivity index (χ3n) is 2.44. The van der Waals surface area contributed by atoms with Crippen molar-refractivity contribution in [1.82, 2.24) is 4.98 Å². The van der Waals surface area contributed by atoms with Crippen molar-refractivity contribution in [3.63, 3.8) is 0 Å². The Bertz CT molecular complexity index is 298. The lowest BCUT2D eigenvalue weighted by atomic mass is 9.95. The van der Waals surface area contributed by atoms with Gasteiger partial charge in [-0.1, -0.05) is 13.8 Å². The number of nitrogens with zero attached hydrogens (tertiary/aromatic N) is 1. The highest BCUT2D eigenvalue weighted by molar-refractivity contribution is 5.20. The molecular weight excluding hydrogens is 192 g/mol. The molecule has 0 aromatic carbocycles. The van der Waals surface area contributed by atoms with Crippen LogP contribution < -0.4 is 10.5 Å². The maximum absolute atomic E-state index is 9.92. The zero-order valence-electron chi connectivity index (χ0n) is 9.34. The third-order valence-corrected chi connectivity index (χ3v) is 2.44. The molecule has 2 atom stereocenters. The Labute approximate surface area is 90.1 Å². The standard InChI is InChI=1S/C11H18N2O2/c1-7(2)10(12)11(14)8-4-5-9(15-3)13-6-8/h4-7,10-11,14H,12H2,1-3H3. The van der Waals surface area contributed by atoms with Gasteiger partial charge < -0.3 is 15.6 Å². The summed E-state index contributed by atoms with van der Waals surface area (Å²) in [7, 11) is 1.55. The topological polar surface area (TPSA) is 68.4 Å². The Hall–Kier alpha value is -1.13. The van der Waals surface area contributed by atoms with Crippen molar-refractivity contribution in [3.05, 3.63) is 23.9 Å². The molecule has 0 saturated carbocycles. The van der Waals surface area contributed by atoms with Crippen LogP contribution in [-0.4, -0.2) is 23.2 Å². The van der Waals surface area contributed by atoms with Gasteiger partial charge in [-0.25, -0.2) is 4.98 Å². The van der Waals surface area contributed by atoms with E-state index in [1.165, 1.54) is 0 Å². The lowest BCUT2D eigenvalue weighted by Gasteiger charge is -2.22. The summed E-state index contributed by atoms with van der Waals surface area (Å²) in [6.07, 6.45) is 0.912. The van der Waals surface area contributed by atoms with Crippen LogP contribution in [0.2, 0.25) is 0 Å². The first-order valence-corrected chi connectivity index (χ1v) is 5.00. The second kappa shape index (κ2) is 5.09. The van der Waals surface area contributed by atoms with E-state index in [0.29, 0.717) is 5.88 Å². The average molecular weight is 210 g/mol. The lowest BCUT2D eigenvalue weighted by molar-refractivity contribution is 0.125. The summed E-state index contributed by atoms with van der Waals surface area (Å²) >= 11 is 0. The van der Waals surface area contributed by atoms with Gasteiger partial charge in [0.05, 0.1) is 13.2 Å². The van der Waals surface area contributed by atoms with E-state index in [9.17, 15) is 5.11 Å². The molecule has 0 fully saturated rings. The fraction of sp³-hybridized carbons (Fsp3) is 0.545. The number of ether oxygens (including phenoxy) is 1. The van der Waals surface area contributed by atoms with E-state index >= 15 is 0 Å². The van der Waals surface area contributed by atoms with E-state index in [4.69, 9.17) is 10.5 Å². The van der Waals surface area contributed by atoms with Crippen LogP contribution in [0.25, 0.3) is 0 Å². The van der Waals surface area contributed by atoms with Gasteiger partial charge in [0.15, 0.2) is 0 Å². The second-order valence-electron chi connectivity index (χ2n) is 3.90. The summed E-state index contributed by atoms with van der Waals surface area (Å²) in [5.41, 5.74) is 6.57. The first-order chi connectivity index (χ1) is 7.06. The second-order valence-corrected chi connectivity index (χ2v) is 3.90. The Kier molecular flexibility index (Phi) is 4.05. The number of aliphatic hydroxyl groups is 1. The third kappa shape index (κ3) is 2.91. The molecule has 0 aliphatic heterocycles. The van der Waals surface area contributed by atoms with E-state index in [0.717, 1.165) is 5.56 Å². The summed E-state index contributed by atoms with van der Waals surface area (Å²) in [5.74, 6) is 0.756. The summed E-state index contributed by atoms with van der Waals surface area (Å²) in [4.78, 5) is 4.02. The number of aromatic nitrogens is 1. The van der Waals surface area contributed by atoms with Gasteiger partial charge in [0, 0.05) is 23.9 Å². The van der Waals surface area contributed by atoms with Crippen LogP contribution in [-0.2, 0) is 0 Å². The van der Waals surface area contributed by atoms with Crippen LogP contribution >= 0.6 is 0 Å². The van der Waals surface area contributed by atoms with Crippen molar-refractivity contribution in [2.75, 3.05) is 7.11 Å². The van der Waals surface area contributed by atoms with E-state index < -0.39 is 6.10 Å². The molecule has 0 aliphatic carbocycles. The summed E-state index contributed by atoms with van der Waals surface area (Å²) < 4.78 is 4.93. The summed E-state index contributed by atoms with van der Waals surface area (Å²) in [6.45, 7) is 3.95. The SMILES string of the molecule is COc1ccc(C(O)C(N)C(C)C)cn1. The molecule has 2 unspecified atom stereocenters. The van der Waals surface area contributed by atoms with Crippen LogP contribution in [0.3, 0.4) is 0 Å². The molecule has 15 heavy (non-hydrogen) atoms. The number of hydrogen-bond donors (Lipinski definition) is 2. The van der Waals surface area contributed by atoms with Crippen molar-refractivity contribution >= 4 is 0 Å². The Morgan fingerprint density at radius 1 is 1.40 bits per heavy atom. The highest BCUT2D eigenvalue weighted by atomic mass is 16.5. The van der Waals surface area contributed by atoms with Gasteiger partial charge in [0.25, 0.3) is 0 Å². The maximum Gasteiger partial charge on any atom is 0.212 e. The van der Waals surface area contributed by atoms with Crippen molar-refractivity contribution < 1.29 is 9.84 Å². The lowest BCUT2D eigenvalue weighted by Crippen LogP contribution is -2.33. The van der Waals surface area contributed by atoms with Crippen molar-refractivity contribution in [2.24, 2.45) is 11.7 Å². The van der Waals surface area contributed by atoms with Gasteiger partial charge in [-0.2, -0.15) is 0 Å². The summed E-state index contributed by atoms with van der Waals surface area (Å²) in [5, 5.41) is 9.92. The zero-order valence-corrected chi connectivity index (χ0v) is 9.34. The van der Waals surface area contributed by atoms with Crippen LogP contribution in [0.5, 0.6) is 5.88 Å². The highest BCUT2D eigenvalue weighted by Crippen LogP contribution is 2.20. The molecular formula is C11H18N2O2. The molecule has 3 N–H and O–H groups in total.